The topological polar surface area (TPSA) is 55.6 Å². The number of carbonyl (C=O) groups excluding carboxylic acids is 1. The molecule has 18 heavy (non-hydrogen) atoms. The molecule has 2 unspecified atom stereocenters. The van der Waals surface area contributed by atoms with Crippen molar-refractivity contribution >= 4 is 11.6 Å². The average Bonchev–Trinajstić information content (AvgIpc) is 2.30. The molecule has 1 aliphatic rings. The predicted octanol–water partition coefficient (Wildman–Crippen LogP) is 1.66. The second-order valence-corrected chi connectivity index (χ2v) is 4.70. The molecule has 0 bridgehead atoms. The lowest BCUT2D eigenvalue weighted by Gasteiger charge is -2.35. The SMILES string of the molecule is CC1CN(C(=O)c2ccc(F)c(N)c2)CC(C)O1. The second kappa shape index (κ2) is 4.94. The first-order chi connectivity index (χ1) is 8.47. The number of anilines is 1. The highest BCUT2D eigenvalue weighted by atomic mass is 19.1. The second-order valence-electron chi connectivity index (χ2n) is 4.70. The Kier molecular flexibility index (Phi) is 3.52. The molecule has 98 valence electrons. The normalized spacial score (nSPS) is 24.1. The molecular formula is C13H17FN2O2. The van der Waals surface area contributed by atoms with Gasteiger partial charge < -0.3 is 15.4 Å². The highest BCUT2D eigenvalue weighted by molar-refractivity contribution is 5.95. The van der Waals surface area contributed by atoms with Gasteiger partial charge >= 0.3 is 0 Å². The van der Waals surface area contributed by atoms with Gasteiger partial charge in [0.2, 0.25) is 0 Å². The van der Waals surface area contributed by atoms with Crippen LogP contribution in [0.4, 0.5) is 10.1 Å². The monoisotopic (exact) mass is 252 g/mol. The Morgan fingerprint density at radius 2 is 2.00 bits per heavy atom. The van der Waals surface area contributed by atoms with Crippen LogP contribution in [0.1, 0.15) is 24.2 Å². The third-order valence-corrected chi connectivity index (χ3v) is 2.95. The minimum Gasteiger partial charge on any atom is -0.396 e. The number of hydrogen-bond donors (Lipinski definition) is 1. The van der Waals surface area contributed by atoms with Crippen molar-refractivity contribution in [2.45, 2.75) is 26.1 Å². The van der Waals surface area contributed by atoms with Gasteiger partial charge in [-0.05, 0) is 32.0 Å². The minimum absolute atomic E-state index is 0.00444. The first-order valence-corrected chi connectivity index (χ1v) is 5.97. The van der Waals surface area contributed by atoms with Crippen molar-refractivity contribution in [3.8, 4) is 0 Å². The molecule has 0 aromatic heterocycles. The van der Waals surface area contributed by atoms with Crippen molar-refractivity contribution in [3.05, 3.63) is 29.6 Å². The highest BCUT2D eigenvalue weighted by Gasteiger charge is 2.26. The Morgan fingerprint density at radius 3 is 2.56 bits per heavy atom. The number of nitrogens with zero attached hydrogens (tertiary/aromatic N) is 1. The first kappa shape index (κ1) is 12.8. The van der Waals surface area contributed by atoms with E-state index in [1.165, 1.54) is 18.2 Å². The third-order valence-electron chi connectivity index (χ3n) is 2.95. The summed E-state index contributed by atoms with van der Waals surface area (Å²) >= 11 is 0. The van der Waals surface area contributed by atoms with Crippen LogP contribution in [-0.2, 0) is 4.74 Å². The fourth-order valence-corrected chi connectivity index (χ4v) is 2.20. The number of rotatable bonds is 1. The zero-order valence-corrected chi connectivity index (χ0v) is 10.5. The van der Waals surface area contributed by atoms with E-state index in [2.05, 4.69) is 0 Å². The zero-order valence-electron chi connectivity index (χ0n) is 10.5. The van der Waals surface area contributed by atoms with Crippen LogP contribution in [0, 0.1) is 5.82 Å². The van der Waals surface area contributed by atoms with Crippen LogP contribution in [0.3, 0.4) is 0 Å². The van der Waals surface area contributed by atoms with E-state index in [0.717, 1.165) is 0 Å². The Morgan fingerprint density at radius 1 is 1.39 bits per heavy atom. The molecular weight excluding hydrogens is 235 g/mol. The largest absolute Gasteiger partial charge is 0.396 e. The van der Waals surface area contributed by atoms with Gasteiger partial charge in [-0.15, -0.1) is 0 Å². The molecule has 5 heteroatoms. The summed E-state index contributed by atoms with van der Waals surface area (Å²) in [5.41, 5.74) is 5.88. The molecule has 0 spiro atoms. The van der Waals surface area contributed by atoms with Crippen molar-refractivity contribution in [3.63, 3.8) is 0 Å². The molecule has 2 rings (SSSR count). The maximum absolute atomic E-state index is 13.1. The van der Waals surface area contributed by atoms with Crippen LogP contribution >= 0.6 is 0 Å². The summed E-state index contributed by atoms with van der Waals surface area (Å²) in [6.07, 6.45) is 0.0194. The summed E-state index contributed by atoms with van der Waals surface area (Å²) in [6.45, 7) is 4.94. The Bertz CT molecular complexity index is 454. The third kappa shape index (κ3) is 2.61. The van der Waals surface area contributed by atoms with Gasteiger partial charge in [-0.3, -0.25) is 4.79 Å². The van der Waals surface area contributed by atoms with Crippen LogP contribution < -0.4 is 5.73 Å². The van der Waals surface area contributed by atoms with E-state index in [-0.39, 0.29) is 23.8 Å². The number of morpholine rings is 1. The van der Waals surface area contributed by atoms with E-state index < -0.39 is 5.82 Å². The van der Waals surface area contributed by atoms with Gasteiger partial charge in [0.05, 0.1) is 17.9 Å². The maximum atomic E-state index is 13.1. The number of nitrogen functional groups attached to an aromatic ring is 1. The lowest BCUT2D eigenvalue weighted by Crippen LogP contribution is -2.48. The van der Waals surface area contributed by atoms with Crippen molar-refractivity contribution in [2.24, 2.45) is 0 Å². The van der Waals surface area contributed by atoms with Crippen LogP contribution in [0.25, 0.3) is 0 Å². The fraction of sp³-hybridized carbons (Fsp3) is 0.462. The van der Waals surface area contributed by atoms with Gasteiger partial charge in [-0.2, -0.15) is 0 Å². The van der Waals surface area contributed by atoms with Crippen LogP contribution in [0.5, 0.6) is 0 Å². The number of carbonyl (C=O) groups is 1. The van der Waals surface area contributed by atoms with Gasteiger partial charge in [0, 0.05) is 18.7 Å². The molecule has 1 heterocycles. The van der Waals surface area contributed by atoms with E-state index in [1.807, 2.05) is 13.8 Å². The summed E-state index contributed by atoms with van der Waals surface area (Å²) in [5.74, 6) is -0.640. The number of ether oxygens (including phenoxy) is 1. The van der Waals surface area contributed by atoms with Crippen LogP contribution in [-0.4, -0.2) is 36.1 Å². The van der Waals surface area contributed by atoms with Gasteiger partial charge in [0.15, 0.2) is 0 Å². The summed E-state index contributed by atoms with van der Waals surface area (Å²) in [7, 11) is 0. The number of halogens is 1. The molecule has 1 aromatic rings. The highest BCUT2D eigenvalue weighted by Crippen LogP contribution is 2.17. The van der Waals surface area contributed by atoms with E-state index in [0.29, 0.717) is 18.7 Å². The molecule has 1 aliphatic heterocycles. The van der Waals surface area contributed by atoms with Gasteiger partial charge in [-0.25, -0.2) is 4.39 Å². The molecule has 1 fully saturated rings. The van der Waals surface area contributed by atoms with Gasteiger partial charge in [-0.1, -0.05) is 0 Å². The van der Waals surface area contributed by atoms with E-state index in [1.54, 1.807) is 4.90 Å². The van der Waals surface area contributed by atoms with Crippen LogP contribution in [0.15, 0.2) is 18.2 Å². The Labute approximate surface area is 106 Å². The van der Waals surface area contributed by atoms with E-state index >= 15 is 0 Å². The van der Waals surface area contributed by atoms with Crippen molar-refractivity contribution in [1.29, 1.82) is 0 Å². The fourth-order valence-electron chi connectivity index (χ4n) is 2.20. The predicted molar refractivity (Wildman–Crippen MR) is 66.7 cm³/mol. The molecule has 1 aromatic carbocycles. The summed E-state index contributed by atoms with van der Waals surface area (Å²) in [4.78, 5) is 14.0. The zero-order chi connectivity index (χ0) is 13.3. The standard InChI is InChI=1S/C13H17FN2O2/c1-8-6-16(7-9(2)18-8)13(17)10-3-4-11(14)12(15)5-10/h3-5,8-9H,6-7,15H2,1-2H3. The van der Waals surface area contributed by atoms with Crippen molar-refractivity contribution in [2.75, 3.05) is 18.8 Å². The Balaban J connectivity index is 2.17. The Hall–Kier alpha value is -1.62. The lowest BCUT2D eigenvalue weighted by molar-refractivity contribution is -0.0586. The summed E-state index contributed by atoms with van der Waals surface area (Å²) in [6, 6.07) is 4.05. The molecule has 0 saturated carbocycles. The number of benzene rings is 1. The van der Waals surface area contributed by atoms with E-state index in [4.69, 9.17) is 10.5 Å². The van der Waals surface area contributed by atoms with Crippen molar-refractivity contribution in [1.82, 2.24) is 4.90 Å². The molecule has 2 atom stereocenters. The minimum atomic E-state index is -0.504. The van der Waals surface area contributed by atoms with Crippen LogP contribution in [0.2, 0.25) is 0 Å². The average molecular weight is 252 g/mol. The first-order valence-electron chi connectivity index (χ1n) is 5.97. The molecule has 4 nitrogen and oxygen atoms in total. The number of amides is 1. The van der Waals surface area contributed by atoms with Gasteiger partial charge in [0.1, 0.15) is 5.82 Å². The molecule has 0 aliphatic carbocycles. The molecule has 1 amide bonds. The summed E-state index contributed by atoms with van der Waals surface area (Å²) < 4.78 is 18.6. The number of hydrogen-bond acceptors (Lipinski definition) is 3. The lowest BCUT2D eigenvalue weighted by atomic mass is 10.1. The quantitative estimate of drug-likeness (QED) is 0.773. The van der Waals surface area contributed by atoms with Crippen molar-refractivity contribution < 1.29 is 13.9 Å². The summed E-state index contributed by atoms with van der Waals surface area (Å²) in [5, 5.41) is 0. The smallest absolute Gasteiger partial charge is 0.254 e. The number of nitrogens with two attached hydrogens (primary N) is 1. The molecule has 1 saturated heterocycles. The molecule has 2 N–H and O–H groups in total. The maximum Gasteiger partial charge on any atom is 0.254 e. The molecule has 0 radical (unpaired) electrons. The van der Waals surface area contributed by atoms with Gasteiger partial charge in [0.25, 0.3) is 5.91 Å². The van der Waals surface area contributed by atoms with E-state index in [9.17, 15) is 9.18 Å².